The summed E-state index contributed by atoms with van der Waals surface area (Å²) in [6.45, 7) is 3.41. The van der Waals surface area contributed by atoms with Gasteiger partial charge in [-0.2, -0.15) is 4.68 Å². The molecule has 0 saturated heterocycles. The van der Waals surface area contributed by atoms with Gasteiger partial charge in [0, 0.05) is 16.1 Å². The monoisotopic (exact) mass is 426 g/mol. The van der Waals surface area contributed by atoms with Gasteiger partial charge in [-0.15, -0.1) is 0 Å². The van der Waals surface area contributed by atoms with Gasteiger partial charge in [0.15, 0.2) is 11.8 Å². The van der Waals surface area contributed by atoms with Gasteiger partial charge in [-0.05, 0) is 36.5 Å². The molecule has 9 heteroatoms. The van der Waals surface area contributed by atoms with Gasteiger partial charge in [-0.3, -0.25) is 9.59 Å². The highest BCUT2D eigenvalue weighted by Gasteiger charge is 2.28. The highest BCUT2D eigenvalue weighted by molar-refractivity contribution is 6.31. The number of nitrogens with one attached hydrogen (secondary N) is 1. The Labute approximate surface area is 177 Å². The van der Waals surface area contributed by atoms with E-state index >= 15 is 0 Å². The minimum absolute atomic E-state index is 0.250. The van der Waals surface area contributed by atoms with Crippen molar-refractivity contribution in [1.82, 2.24) is 9.78 Å². The lowest BCUT2D eigenvalue weighted by atomic mass is 10.0. The Morgan fingerprint density at radius 3 is 2.50 bits per heavy atom. The lowest BCUT2D eigenvalue weighted by molar-refractivity contribution is -0.389. The van der Waals surface area contributed by atoms with Crippen molar-refractivity contribution >= 4 is 34.8 Å². The predicted molar refractivity (Wildman–Crippen MR) is 113 cm³/mol. The summed E-state index contributed by atoms with van der Waals surface area (Å²) < 4.78 is 1.32. The van der Waals surface area contributed by atoms with Gasteiger partial charge in [-0.25, -0.2) is 0 Å². The molecule has 1 heterocycles. The van der Waals surface area contributed by atoms with Crippen LogP contribution in [0.25, 0.3) is 0 Å². The van der Waals surface area contributed by atoms with E-state index in [1.807, 2.05) is 0 Å². The zero-order valence-electron chi connectivity index (χ0n) is 16.3. The standard InChI is InChI=1S/C21H19ClN4O4/c1-3-18(25-13(2)11-19(24-25)26(29)30)21(28)23-17-10-9-15(22)12-16(17)20(27)14-7-5-4-6-8-14/h4-12,18H,3H2,1-2H3,(H,23,28). The van der Waals surface area contributed by atoms with Crippen LogP contribution in [0.15, 0.2) is 54.6 Å². The molecule has 0 bridgehead atoms. The lowest BCUT2D eigenvalue weighted by Gasteiger charge is -2.16. The normalized spacial score (nSPS) is 11.7. The number of amides is 1. The van der Waals surface area contributed by atoms with E-state index in [1.165, 1.54) is 16.8 Å². The van der Waals surface area contributed by atoms with Crippen molar-refractivity contribution in [2.24, 2.45) is 0 Å². The van der Waals surface area contributed by atoms with Crippen molar-refractivity contribution in [3.63, 3.8) is 0 Å². The second-order valence-corrected chi connectivity index (χ2v) is 7.08. The maximum atomic E-state index is 13.0. The van der Waals surface area contributed by atoms with E-state index < -0.39 is 16.9 Å². The van der Waals surface area contributed by atoms with Crippen molar-refractivity contribution in [3.8, 4) is 0 Å². The molecule has 0 aliphatic heterocycles. The molecule has 154 valence electrons. The fraction of sp³-hybridized carbons (Fsp3) is 0.190. The van der Waals surface area contributed by atoms with Crippen molar-refractivity contribution in [1.29, 1.82) is 0 Å². The Morgan fingerprint density at radius 1 is 1.20 bits per heavy atom. The molecule has 30 heavy (non-hydrogen) atoms. The van der Waals surface area contributed by atoms with Crippen LogP contribution in [0.2, 0.25) is 5.02 Å². The van der Waals surface area contributed by atoms with Crippen molar-refractivity contribution in [2.45, 2.75) is 26.3 Å². The summed E-state index contributed by atoms with van der Waals surface area (Å²) in [7, 11) is 0. The zero-order valence-corrected chi connectivity index (χ0v) is 17.1. The van der Waals surface area contributed by atoms with Gasteiger partial charge in [0.05, 0.1) is 22.5 Å². The lowest BCUT2D eigenvalue weighted by Crippen LogP contribution is -2.28. The van der Waals surface area contributed by atoms with Crippen molar-refractivity contribution < 1.29 is 14.5 Å². The van der Waals surface area contributed by atoms with Crippen LogP contribution in [0.4, 0.5) is 11.5 Å². The molecule has 0 fully saturated rings. The Kier molecular flexibility index (Phi) is 6.27. The van der Waals surface area contributed by atoms with Gasteiger partial charge in [0.1, 0.15) is 0 Å². The van der Waals surface area contributed by atoms with Crippen LogP contribution in [0.5, 0.6) is 0 Å². The summed E-state index contributed by atoms with van der Waals surface area (Å²) in [6.07, 6.45) is 0.348. The fourth-order valence-corrected chi connectivity index (χ4v) is 3.29. The number of carbonyl (C=O) groups excluding carboxylic acids is 2. The summed E-state index contributed by atoms with van der Waals surface area (Å²) in [5.74, 6) is -1.06. The summed E-state index contributed by atoms with van der Waals surface area (Å²) in [6, 6.07) is 13.8. The van der Waals surface area contributed by atoms with E-state index in [9.17, 15) is 19.7 Å². The molecular formula is C21H19ClN4O4. The number of hydrogen-bond donors (Lipinski definition) is 1. The van der Waals surface area contributed by atoms with E-state index in [0.29, 0.717) is 28.4 Å². The van der Waals surface area contributed by atoms with Crippen LogP contribution >= 0.6 is 11.6 Å². The molecule has 1 aromatic heterocycles. The first-order valence-corrected chi connectivity index (χ1v) is 9.60. The maximum absolute atomic E-state index is 13.0. The SMILES string of the molecule is CCC(C(=O)Nc1ccc(Cl)cc1C(=O)c1ccccc1)n1nc([N+](=O)[O-])cc1C. The van der Waals surface area contributed by atoms with Gasteiger partial charge < -0.3 is 15.4 Å². The molecule has 1 atom stereocenters. The Hall–Kier alpha value is -3.52. The van der Waals surface area contributed by atoms with Gasteiger partial charge in [-0.1, -0.05) is 48.9 Å². The highest BCUT2D eigenvalue weighted by atomic mass is 35.5. The number of ketones is 1. The largest absolute Gasteiger partial charge is 0.390 e. The van der Waals surface area contributed by atoms with Crippen molar-refractivity contribution in [3.05, 3.63) is 86.6 Å². The number of carbonyl (C=O) groups is 2. The van der Waals surface area contributed by atoms with Crippen LogP contribution in [0, 0.1) is 17.0 Å². The van der Waals surface area contributed by atoms with Crippen LogP contribution in [-0.2, 0) is 4.79 Å². The third-order valence-electron chi connectivity index (χ3n) is 4.60. The summed E-state index contributed by atoms with van der Waals surface area (Å²) >= 11 is 6.08. The van der Waals surface area contributed by atoms with E-state index in [1.54, 1.807) is 56.3 Å². The number of hydrogen-bond acceptors (Lipinski definition) is 5. The third kappa shape index (κ3) is 4.38. The molecule has 3 rings (SSSR count). The highest BCUT2D eigenvalue weighted by Crippen LogP contribution is 2.26. The molecule has 0 aliphatic carbocycles. The first-order chi connectivity index (χ1) is 14.3. The number of nitro groups is 1. The molecule has 0 spiro atoms. The van der Waals surface area contributed by atoms with Crippen LogP contribution in [-0.4, -0.2) is 26.4 Å². The van der Waals surface area contributed by atoms with Gasteiger partial charge in [0.25, 0.3) is 5.91 Å². The predicted octanol–water partition coefficient (Wildman–Crippen LogP) is 4.57. The average Bonchev–Trinajstić information content (AvgIpc) is 3.12. The number of rotatable bonds is 7. The second-order valence-electron chi connectivity index (χ2n) is 6.64. The van der Waals surface area contributed by atoms with E-state index in [0.717, 1.165) is 0 Å². The van der Waals surface area contributed by atoms with E-state index in [2.05, 4.69) is 10.4 Å². The smallest absolute Gasteiger partial charge is 0.358 e. The van der Waals surface area contributed by atoms with E-state index in [4.69, 9.17) is 11.6 Å². The molecule has 8 nitrogen and oxygen atoms in total. The second kappa shape index (κ2) is 8.87. The summed E-state index contributed by atoms with van der Waals surface area (Å²) in [5.41, 5.74) is 1.50. The quantitative estimate of drug-likeness (QED) is 0.338. The summed E-state index contributed by atoms with van der Waals surface area (Å²) in [5, 5.41) is 18.0. The topological polar surface area (TPSA) is 107 Å². The molecule has 0 aliphatic rings. The fourth-order valence-electron chi connectivity index (χ4n) is 3.12. The van der Waals surface area contributed by atoms with E-state index in [-0.39, 0.29) is 17.2 Å². The molecular weight excluding hydrogens is 408 g/mol. The Morgan fingerprint density at radius 2 is 1.90 bits per heavy atom. The molecule has 1 unspecified atom stereocenters. The Bertz CT molecular complexity index is 1110. The summed E-state index contributed by atoms with van der Waals surface area (Å²) in [4.78, 5) is 36.3. The van der Waals surface area contributed by atoms with Crippen LogP contribution < -0.4 is 5.32 Å². The van der Waals surface area contributed by atoms with Crippen LogP contribution in [0.3, 0.4) is 0 Å². The molecule has 1 amide bonds. The zero-order chi connectivity index (χ0) is 21.8. The number of aromatic nitrogens is 2. The molecule has 2 aromatic carbocycles. The maximum Gasteiger partial charge on any atom is 0.390 e. The van der Waals surface area contributed by atoms with Crippen molar-refractivity contribution in [2.75, 3.05) is 5.32 Å². The number of anilines is 1. The molecule has 0 radical (unpaired) electrons. The first-order valence-electron chi connectivity index (χ1n) is 9.22. The molecule has 1 N–H and O–H groups in total. The number of nitrogens with zero attached hydrogens (tertiary/aromatic N) is 3. The Balaban J connectivity index is 1.93. The minimum Gasteiger partial charge on any atom is -0.358 e. The minimum atomic E-state index is -0.783. The first kappa shape index (κ1) is 21.2. The number of halogens is 1. The van der Waals surface area contributed by atoms with Gasteiger partial charge >= 0.3 is 5.82 Å². The molecule has 0 saturated carbocycles. The van der Waals surface area contributed by atoms with Crippen LogP contribution in [0.1, 0.15) is 41.0 Å². The third-order valence-corrected chi connectivity index (χ3v) is 4.84. The average molecular weight is 427 g/mol. The number of aryl methyl sites for hydroxylation is 1. The van der Waals surface area contributed by atoms with Gasteiger partial charge in [0.2, 0.25) is 0 Å². The molecule has 3 aromatic rings. The number of benzene rings is 2.